The minimum Gasteiger partial charge on any atom is -0.436 e. The van der Waals surface area contributed by atoms with Crippen LogP contribution in [0.5, 0.6) is 0 Å². The number of hydrogen-bond donors (Lipinski definition) is 2. The number of fused-ring (bicyclic) bond motifs is 3. The second-order valence-electron chi connectivity index (χ2n) is 8.43. The molecule has 0 unspecified atom stereocenters. The molecule has 5 rings (SSSR count). The van der Waals surface area contributed by atoms with E-state index in [1.54, 1.807) is 48.5 Å². The number of aryl methyl sites for hydroxylation is 1. The van der Waals surface area contributed by atoms with Gasteiger partial charge in [0.2, 0.25) is 0 Å². The minimum atomic E-state index is -3.67. The van der Waals surface area contributed by atoms with Crippen LogP contribution in [0.15, 0.2) is 102 Å². The predicted octanol–water partition coefficient (Wildman–Crippen LogP) is 5.79. The van der Waals surface area contributed by atoms with E-state index in [4.69, 9.17) is 4.74 Å². The van der Waals surface area contributed by atoms with Crippen molar-refractivity contribution >= 4 is 21.8 Å². The van der Waals surface area contributed by atoms with Crippen molar-refractivity contribution in [3.05, 3.63) is 119 Å². The van der Waals surface area contributed by atoms with Gasteiger partial charge in [-0.25, -0.2) is 13.2 Å². The van der Waals surface area contributed by atoms with E-state index in [2.05, 4.69) is 10.0 Å². The molecule has 1 aliphatic rings. The number of carbonyl (C=O) groups excluding carboxylic acids is 1. The highest BCUT2D eigenvalue weighted by Gasteiger charge is 2.30. The fraction of sp³-hybridized carbons (Fsp3) is 0.107. The Morgan fingerprint density at radius 3 is 1.97 bits per heavy atom. The lowest BCUT2D eigenvalue weighted by atomic mass is 10.1. The Labute approximate surface area is 204 Å². The molecule has 7 heteroatoms. The van der Waals surface area contributed by atoms with Crippen LogP contribution in [0.4, 0.5) is 10.5 Å². The Morgan fingerprint density at radius 2 is 1.37 bits per heavy atom. The number of alkyl carbamates (subject to hydrolysis) is 1. The fourth-order valence-electron chi connectivity index (χ4n) is 4.18. The molecular weight excluding hydrogens is 460 g/mol. The van der Waals surface area contributed by atoms with Crippen LogP contribution in [0.25, 0.3) is 11.1 Å². The first kappa shape index (κ1) is 22.7. The van der Waals surface area contributed by atoms with Crippen molar-refractivity contribution in [3.63, 3.8) is 0 Å². The van der Waals surface area contributed by atoms with E-state index < -0.39 is 22.2 Å². The van der Waals surface area contributed by atoms with Crippen molar-refractivity contribution < 1.29 is 17.9 Å². The summed E-state index contributed by atoms with van der Waals surface area (Å²) < 4.78 is 33.5. The van der Waals surface area contributed by atoms with Crippen LogP contribution in [0.3, 0.4) is 0 Å². The van der Waals surface area contributed by atoms with Crippen molar-refractivity contribution in [2.75, 3.05) is 4.72 Å². The molecule has 0 heterocycles. The van der Waals surface area contributed by atoms with Gasteiger partial charge in [0, 0.05) is 23.4 Å². The van der Waals surface area contributed by atoms with E-state index in [1.165, 1.54) is 0 Å². The molecule has 4 aromatic carbocycles. The molecule has 0 saturated carbocycles. The van der Waals surface area contributed by atoms with E-state index in [9.17, 15) is 13.2 Å². The highest BCUT2D eigenvalue weighted by molar-refractivity contribution is 7.92. The number of amides is 1. The second-order valence-corrected chi connectivity index (χ2v) is 10.1. The predicted molar refractivity (Wildman–Crippen MR) is 135 cm³/mol. The molecule has 35 heavy (non-hydrogen) atoms. The van der Waals surface area contributed by atoms with Crippen molar-refractivity contribution in [3.8, 4) is 11.1 Å². The summed E-state index contributed by atoms with van der Waals surface area (Å²) in [6.45, 7) is 2.15. The van der Waals surface area contributed by atoms with Gasteiger partial charge in [-0.1, -0.05) is 78.4 Å². The molecule has 176 valence electrons. The maximum absolute atomic E-state index is 12.6. The summed E-state index contributed by atoms with van der Waals surface area (Å²) in [6.07, 6.45) is -0.980. The summed E-state index contributed by atoms with van der Waals surface area (Å²) in [5, 5.41) is 2.79. The van der Waals surface area contributed by atoms with Gasteiger partial charge in [0.15, 0.2) is 6.10 Å². The van der Waals surface area contributed by atoms with Gasteiger partial charge in [-0.3, -0.25) is 4.72 Å². The lowest BCUT2D eigenvalue weighted by Gasteiger charge is -2.16. The maximum Gasteiger partial charge on any atom is 0.408 e. The lowest BCUT2D eigenvalue weighted by Crippen LogP contribution is -2.25. The third kappa shape index (κ3) is 4.76. The zero-order chi connectivity index (χ0) is 24.4. The monoisotopic (exact) mass is 484 g/mol. The smallest absolute Gasteiger partial charge is 0.408 e. The number of benzene rings is 4. The Bertz CT molecular complexity index is 1430. The Hall–Kier alpha value is -4.10. The standard InChI is InChI=1S/C28H24N2O4S/c1-19-10-16-22(17-11-19)35(32,33)30-21-14-12-20(13-15-21)18-29-28(31)34-27-25-8-4-2-6-23(25)24-7-3-5-9-26(24)27/h2-17,27,30H,18H2,1H3,(H,29,31). The van der Waals surface area contributed by atoms with Crippen LogP contribution in [-0.2, 0) is 21.3 Å². The SMILES string of the molecule is Cc1ccc(S(=O)(=O)Nc2ccc(CNC(=O)OC3c4ccccc4-c4ccccc43)cc2)cc1. The molecule has 0 bridgehead atoms. The lowest BCUT2D eigenvalue weighted by molar-refractivity contribution is 0.118. The van der Waals surface area contributed by atoms with Crippen molar-refractivity contribution in [2.24, 2.45) is 0 Å². The molecule has 0 aliphatic heterocycles. The third-order valence-electron chi connectivity index (χ3n) is 5.98. The van der Waals surface area contributed by atoms with Gasteiger partial charge in [-0.2, -0.15) is 0 Å². The highest BCUT2D eigenvalue weighted by atomic mass is 32.2. The van der Waals surface area contributed by atoms with Gasteiger partial charge in [0.1, 0.15) is 0 Å². The molecule has 0 aromatic heterocycles. The number of carbonyl (C=O) groups is 1. The third-order valence-corrected chi connectivity index (χ3v) is 7.37. The summed E-state index contributed by atoms with van der Waals surface area (Å²) >= 11 is 0. The number of nitrogens with one attached hydrogen (secondary N) is 2. The normalized spacial score (nSPS) is 12.5. The van der Waals surface area contributed by atoms with Crippen LogP contribution in [-0.4, -0.2) is 14.5 Å². The molecule has 0 spiro atoms. The van der Waals surface area contributed by atoms with Crippen LogP contribution in [0, 0.1) is 6.92 Å². The largest absolute Gasteiger partial charge is 0.436 e. The summed E-state index contributed by atoms with van der Waals surface area (Å²) in [6, 6.07) is 29.3. The maximum atomic E-state index is 12.6. The van der Waals surface area contributed by atoms with Crippen molar-refractivity contribution in [1.82, 2.24) is 5.32 Å². The molecule has 0 atom stereocenters. The molecule has 1 amide bonds. The number of sulfonamides is 1. The molecule has 2 N–H and O–H groups in total. The molecular formula is C28H24N2O4S. The zero-order valence-electron chi connectivity index (χ0n) is 19.1. The van der Waals surface area contributed by atoms with Crippen molar-refractivity contribution in [1.29, 1.82) is 0 Å². The van der Waals surface area contributed by atoms with Gasteiger partial charge in [0.05, 0.1) is 4.90 Å². The van der Waals surface area contributed by atoms with E-state index in [1.807, 2.05) is 55.5 Å². The van der Waals surface area contributed by atoms with Gasteiger partial charge in [-0.15, -0.1) is 0 Å². The number of hydrogen-bond acceptors (Lipinski definition) is 4. The Morgan fingerprint density at radius 1 is 0.800 bits per heavy atom. The average Bonchev–Trinajstić information content (AvgIpc) is 3.17. The summed E-state index contributed by atoms with van der Waals surface area (Å²) in [5.41, 5.74) is 6.32. The molecule has 4 aromatic rings. The average molecular weight is 485 g/mol. The molecule has 1 aliphatic carbocycles. The van der Waals surface area contributed by atoms with Crippen LogP contribution in [0.2, 0.25) is 0 Å². The number of rotatable bonds is 6. The van der Waals surface area contributed by atoms with E-state index >= 15 is 0 Å². The fourth-order valence-corrected chi connectivity index (χ4v) is 5.24. The Balaban J connectivity index is 1.21. The Kier molecular flexibility index (Phi) is 6.01. The van der Waals surface area contributed by atoms with E-state index in [0.717, 1.165) is 33.4 Å². The number of ether oxygens (including phenoxy) is 1. The zero-order valence-corrected chi connectivity index (χ0v) is 19.9. The second kappa shape index (κ2) is 9.27. The van der Waals surface area contributed by atoms with Crippen LogP contribution in [0.1, 0.15) is 28.4 Å². The van der Waals surface area contributed by atoms with Gasteiger partial charge in [-0.05, 0) is 47.9 Å². The summed E-state index contributed by atoms with van der Waals surface area (Å²) in [5.74, 6) is 0. The van der Waals surface area contributed by atoms with Crippen LogP contribution < -0.4 is 10.0 Å². The molecule has 0 saturated heterocycles. The quantitative estimate of drug-likeness (QED) is 0.363. The molecule has 6 nitrogen and oxygen atoms in total. The first-order valence-electron chi connectivity index (χ1n) is 11.2. The highest BCUT2D eigenvalue weighted by Crippen LogP contribution is 2.45. The van der Waals surface area contributed by atoms with Gasteiger partial charge < -0.3 is 10.1 Å². The first-order chi connectivity index (χ1) is 16.9. The summed E-state index contributed by atoms with van der Waals surface area (Å²) in [7, 11) is -3.67. The number of anilines is 1. The molecule has 0 radical (unpaired) electrons. The topological polar surface area (TPSA) is 84.5 Å². The van der Waals surface area contributed by atoms with Crippen molar-refractivity contribution in [2.45, 2.75) is 24.5 Å². The minimum absolute atomic E-state index is 0.201. The molecule has 0 fully saturated rings. The van der Waals surface area contributed by atoms with E-state index in [0.29, 0.717) is 5.69 Å². The van der Waals surface area contributed by atoms with Crippen LogP contribution >= 0.6 is 0 Å². The first-order valence-corrected chi connectivity index (χ1v) is 12.7. The van der Waals surface area contributed by atoms with Gasteiger partial charge in [0.25, 0.3) is 10.0 Å². The van der Waals surface area contributed by atoms with Gasteiger partial charge >= 0.3 is 6.09 Å². The summed E-state index contributed by atoms with van der Waals surface area (Å²) in [4.78, 5) is 12.8. The van der Waals surface area contributed by atoms with E-state index in [-0.39, 0.29) is 11.4 Å².